The maximum Gasteiger partial charge on any atom is 0.339 e. The number of hydrogen-bond donors (Lipinski definition) is 2. The molecule has 0 fully saturated rings. The first kappa shape index (κ1) is 12.9. The Kier molecular flexibility index (Phi) is 3.16. The molecule has 0 radical (unpaired) electrons. The Balaban J connectivity index is 2.14. The number of benzene rings is 2. The number of para-hydroxylation sites is 1. The van der Waals surface area contributed by atoms with E-state index in [0.717, 1.165) is 5.69 Å². The summed E-state index contributed by atoms with van der Waals surface area (Å²) in [6.45, 7) is 0. The van der Waals surface area contributed by atoms with Crippen LogP contribution >= 0.6 is 0 Å². The molecule has 0 spiro atoms. The summed E-state index contributed by atoms with van der Waals surface area (Å²) in [6.07, 6.45) is 1.49. The smallest absolute Gasteiger partial charge is 0.339 e. The molecule has 3 aromatic rings. The first-order valence-corrected chi connectivity index (χ1v) is 6.33. The summed E-state index contributed by atoms with van der Waals surface area (Å²) in [5.41, 5.74) is 1.90. The Labute approximate surface area is 120 Å². The monoisotopic (exact) mass is 280 g/mol. The summed E-state index contributed by atoms with van der Waals surface area (Å²) in [4.78, 5) is 11.4. The van der Waals surface area contributed by atoms with E-state index in [1.54, 1.807) is 12.1 Å². The number of phenols is 1. The Morgan fingerprint density at radius 2 is 1.67 bits per heavy atom. The van der Waals surface area contributed by atoms with E-state index in [2.05, 4.69) is 5.10 Å². The Morgan fingerprint density at radius 3 is 2.29 bits per heavy atom. The third-order valence-corrected chi connectivity index (χ3v) is 3.11. The van der Waals surface area contributed by atoms with Crippen LogP contribution in [0.15, 0.2) is 60.8 Å². The van der Waals surface area contributed by atoms with E-state index in [0.29, 0.717) is 11.3 Å². The highest BCUT2D eigenvalue weighted by Crippen LogP contribution is 2.25. The standard InChI is InChI=1S/C16H12N2O3/c19-13-8-6-11(7-9-13)15-14(16(20)21)10-18(17-15)12-4-2-1-3-5-12/h1-10,19H,(H,20,21). The predicted molar refractivity (Wildman–Crippen MR) is 77.6 cm³/mol. The second kappa shape index (κ2) is 5.13. The molecule has 5 nitrogen and oxygen atoms in total. The summed E-state index contributed by atoms with van der Waals surface area (Å²) in [5.74, 6) is -0.918. The minimum Gasteiger partial charge on any atom is -0.508 e. The molecule has 0 aliphatic rings. The third-order valence-electron chi connectivity index (χ3n) is 3.11. The number of hydrogen-bond acceptors (Lipinski definition) is 3. The van der Waals surface area contributed by atoms with Crippen molar-refractivity contribution in [1.29, 1.82) is 0 Å². The molecule has 0 amide bonds. The maximum atomic E-state index is 11.4. The molecule has 104 valence electrons. The Hall–Kier alpha value is -3.08. The number of carboxylic acids is 1. The van der Waals surface area contributed by atoms with Crippen LogP contribution in [-0.2, 0) is 0 Å². The Bertz CT molecular complexity index is 777. The highest BCUT2D eigenvalue weighted by molar-refractivity contribution is 5.94. The SMILES string of the molecule is O=C(O)c1cn(-c2ccccc2)nc1-c1ccc(O)cc1. The third kappa shape index (κ3) is 2.49. The molecule has 0 atom stereocenters. The van der Waals surface area contributed by atoms with Crippen molar-refractivity contribution in [2.24, 2.45) is 0 Å². The lowest BCUT2D eigenvalue weighted by molar-refractivity contribution is 0.0697. The van der Waals surface area contributed by atoms with Gasteiger partial charge in [-0.2, -0.15) is 5.10 Å². The van der Waals surface area contributed by atoms with Crippen LogP contribution in [0.5, 0.6) is 5.75 Å². The molecule has 2 N–H and O–H groups in total. The largest absolute Gasteiger partial charge is 0.508 e. The summed E-state index contributed by atoms with van der Waals surface area (Å²) in [7, 11) is 0. The van der Waals surface area contributed by atoms with Gasteiger partial charge in [-0.1, -0.05) is 18.2 Å². The van der Waals surface area contributed by atoms with Crippen LogP contribution in [0.1, 0.15) is 10.4 Å². The molecule has 1 heterocycles. The number of aromatic carboxylic acids is 1. The van der Waals surface area contributed by atoms with Gasteiger partial charge < -0.3 is 10.2 Å². The zero-order valence-corrected chi connectivity index (χ0v) is 11.0. The minimum absolute atomic E-state index is 0.115. The molecule has 1 aromatic heterocycles. The predicted octanol–water partition coefficient (Wildman–Crippen LogP) is 2.94. The number of carbonyl (C=O) groups is 1. The highest BCUT2D eigenvalue weighted by Gasteiger charge is 2.17. The van der Waals surface area contributed by atoms with Gasteiger partial charge in [0.25, 0.3) is 0 Å². The van der Waals surface area contributed by atoms with Crippen molar-refractivity contribution in [3.63, 3.8) is 0 Å². The van der Waals surface area contributed by atoms with Crippen molar-refractivity contribution in [3.05, 3.63) is 66.4 Å². The summed E-state index contributed by atoms with van der Waals surface area (Å²) < 4.78 is 1.53. The molecular formula is C16H12N2O3. The lowest BCUT2D eigenvalue weighted by Crippen LogP contribution is -1.96. The van der Waals surface area contributed by atoms with Crippen LogP contribution in [0.3, 0.4) is 0 Å². The number of aromatic hydroxyl groups is 1. The van der Waals surface area contributed by atoms with Gasteiger partial charge in [0.1, 0.15) is 17.0 Å². The summed E-state index contributed by atoms with van der Waals surface area (Å²) in [6, 6.07) is 15.6. The second-order valence-corrected chi connectivity index (χ2v) is 4.52. The van der Waals surface area contributed by atoms with Crippen molar-refractivity contribution in [2.75, 3.05) is 0 Å². The van der Waals surface area contributed by atoms with E-state index in [9.17, 15) is 15.0 Å². The topological polar surface area (TPSA) is 75.3 Å². The van der Waals surface area contributed by atoms with Gasteiger partial charge in [-0.25, -0.2) is 9.48 Å². The summed E-state index contributed by atoms with van der Waals surface area (Å²) in [5, 5.41) is 23.0. The number of phenolic OH excluding ortho intramolecular Hbond substituents is 1. The molecule has 2 aromatic carbocycles. The van der Waals surface area contributed by atoms with Crippen LogP contribution in [0.4, 0.5) is 0 Å². The van der Waals surface area contributed by atoms with Crippen molar-refractivity contribution >= 4 is 5.97 Å². The van der Waals surface area contributed by atoms with Crippen molar-refractivity contribution in [3.8, 4) is 22.7 Å². The lowest BCUT2D eigenvalue weighted by Gasteiger charge is -2.00. The van der Waals surface area contributed by atoms with E-state index in [1.807, 2.05) is 30.3 Å². The fourth-order valence-corrected chi connectivity index (χ4v) is 2.08. The van der Waals surface area contributed by atoms with Gasteiger partial charge in [0.05, 0.1) is 5.69 Å². The first-order chi connectivity index (χ1) is 10.1. The molecule has 0 aliphatic carbocycles. The first-order valence-electron chi connectivity index (χ1n) is 6.33. The normalized spacial score (nSPS) is 10.5. The van der Waals surface area contributed by atoms with Crippen LogP contribution in [0.2, 0.25) is 0 Å². The van der Waals surface area contributed by atoms with E-state index in [1.165, 1.54) is 23.0 Å². The van der Waals surface area contributed by atoms with Crippen molar-refractivity contribution in [1.82, 2.24) is 9.78 Å². The number of rotatable bonds is 3. The van der Waals surface area contributed by atoms with Crippen LogP contribution in [0, 0.1) is 0 Å². The average molecular weight is 280 g/mol. The van der Waals surface area contributed by atoms with Crippen molar-refractivity contribution < 1.29 is 15.0 Å². The van der Waals surface area contributed by atoms with Gasteiger partial charge in [0.15, 0.2) is 0 Å². The fraction of sp³-hybridized carbons (Fsp3) is 0. The van der Waals surface area contributed by atoms with E-state index >= 15 is 0 Å². The molecule has 0 unspecified atom stereocenters. The van der Waals surface area contributed by atoms with Crippen LogP contribution in [0.25, 0.3) is 16.9 Å². The van der Waals surface area contributed by atoms with Crippen LogP contribution < -0.4 is 0 Å². The van der Waals surface area contributed by atoms with Crippen molar-refractivity contribution in [2.45, 2.75) is 0 Å². The highest BCUT2D eigenvalue weighted by atomic mass is 16.4. The maximum absolute atomic E-state index is 11.4. The molecule has 5 heteroatoms. The second-order valence-electron chi connectivity index (χ2n) is 4.52. The fourth-order valence-electron chi connectivity index (χ4n) is 2.08. The van der Waals surface area contributed by atoms with E-state index < -0.39 is 5.97 Å². The number of carboxylic acid groups (broad SMARTS) is 1. The van der Waals surface area contributed by atoms with Gasteiger partial charge >= 0.3 is 5.97 Å². The molecular weight excluding hydrogens is 268 g/mol. The molecule has 21 heavy (non-hydrogen) atoms. The van der Waals surface area contributed by atoms with E-state index in [-0.39, 0.29) is 11.3 Å². The molecule has 0 bridgehead atoms. The van der Waals surface area contributed by atoms with Crippen LogP contribution in [-0.4, -0.2) is 26.0 Å². The molecule has 0 aliphatic heterocycles. The van der Waals surface area contributed by atoms with Gasteiger partial charge in [0, 0.05) is 11.8 Å². The molecule has 3 rings (SSSR count). The molecule has 0 saturated carbocycles. The average Bonchev–Trinajstić information content (AvgIpc) is 2.94. The van der Waals surface area contributed by atoms with Gasteiger partial charge in [-0.15, -0.1) is 0 Å². The van der Waals surface area contributed by atoms with Gasteiger partial charge in [0.2, 0.25) is 0 Å². The quantitative estimate of drug-likeness (QED) is 0.773. The zero-order chi connectivity index (χ0) is 14.8. The van der Waals surface area contributed by atoms with Gasteiger partial charge in [-0.05, 0) is 36.4 Å². The Morgan fingerprint density at radius 1 is 1.00 bits per heavy atom. The molecule has 0 saturated heterocycles. The summed E-state index contributed by atoms with van der Waals surface area (Å²) >= 11 is 0. The zero-order valence-electron chi connectivity index (χ0n) is 11.0. The van der Waals surface area contributed by atoms with E-state index in [4.69, 9.17) is 0 Å². The number of aromatic nitrogens is 2. The minimum atomic E-state index is -1.04. The number of nitrogens with zero attached hydrogens (tertiary/aromatic N) is 2. The lowest BCUT2D eigenvalue weighted by atomic mass is 10.1. The van der Waals surface area contributed by atoms with Gasteiger partial charge in [-0.3, -0.25) is 0 Å².